The molecular weight excluding hydrogens is 368 g/mol. The molecule has 3 aromatic rings. The first kappa shape index (κ1) is 17.2. The van der Waals surface area contributed by atoms with Gasteiger partial charge in [0.15, 0.2) is 16.3 Å². The Kier molecular flexibility index (Phi) is 4.74. The van der Waals surface area contributed by atoms with Gasteiger partial charge in [0.1, 0.15) is 0 Å². The molecule has 2 heterocycles. The molecule has 4 rings (SSSR count). The predicted octanol–water partition coefficient (Wildman–Crippen LogP) is 3.84. The zero-order valence-corrected chi connectivity index (χ0v) is 16.2. The first-order valence-corrected chi connectivity index (χ1v) is 10.4. The number of nitrogens with zero attached hydrogens (tertiary/aromatic N) is 2. The van der Waals surface area contributed by atoms with Crippen molar-refractivity contribution in [2.45, 2.75) is 24.8 Å². The van der Waals surface area contributed by atoms with E-state index in [1.54, 1.807) is 23.1 Å². The number of carbonyl (C=O) groups excluding carboxylic acids is 1. The molecular formula is C19H18N2O3S2. The van der Waals surface area contributed by atoms with E-state index in [4.69, 9.17) is 9.47 Å². The van der Waals surface area contributed by atoms with Gasteiger partial charge in [-0.25, -0.2) is 0 Å². The highest BCUT2D eigenvalue weighted by molar-refractivity contribution is 7.98. The number of rotatable bonds is 4. The molecule has 0 fully saturated rings. The van der Waals surface area contributed by atoms with E-state index in [0.29, 0.717) is 5.75 Å². The molecule has 0 saturated carbocycles. The van der Waals surface area contributed by atoms with Crippen LogP contribution in [0.2, 0.25) is 0 Å². The van der Waals surface area contributed by atoms with Crippen molar-refractivity contribution in [1.82, 2.24) is 4.57 Å². The number of fused-ring (bicyclic) bond motifs is 2. The summed E-state index contributed by atoms with van der Waals surface area (Å²) in [5.41, 5.74) is 1.99. The maximum atomic E-state index is 12.5. The molecule has 0 aliphatic carbocycles. The van der Waals surface area contributed by atoms with Crippen LogP contribution >= 0.6 is 23.1 Å². The van der Waals surface area contributed by atoms with E-state index in [1.165, 1.54) is 4.90 Å². The van der Waals surface area contributed by atoms with Crippen LogP contribution in [0.5, 0.6) is 11.5 Å². The second kappa shape index (κ2) is 7.17. The quantitative estimate of drug-likeness (QED) is 0.639. The van der Waals surface area contributed by atoms with Gasteiger partial charge in [-0.2, -0.15) is 4.99 Å². The van der Waals surface area contributed by atoms with Gasteiger partial charge in [-0.1, -0.05) is 17.4 Å². The molecule has 26 heavy (non-hydrogen) atoms. The monoisotopic (exact) mass is 386 g/mol. The van der Waals surface area contributed by atoms with Crippen LogP contribution < -0.4 is 14.3 Å². The highest BCUT2D eigenvalue weighted by atomic mass is 32.2. The summed E-state index contributed by atoms with van der Waals surface area (Å²) in [4.78, 5) is 18.8. The number of benzene rings is 2. The van der Waals surface area contributed by atoms with Crippen molar-refractivity contribution in [3.63, 3.8) is 0 Å². The van der Waals surface area contributed by atoms with Crippen molar-refractivity contribution in [3.8, 4) is 11.5 Å². The Morgan fingerprint density at radius 2 is 2.08 bits per heavy atom. The average molecular weight is 386 g/mol. The van der Waals surface area contributed by atoms with Crippen molar-refractivity contribution >= 4 is 39.2 Å². The molecule has 0 unspecified atom stereocenters. The van der Waals surface area contributed by atoms with Gasteiger partial charge in [0.05, 0.1) is 16.6 Å². The molecule has 1 amide bonds. The summed E-state index contributed by atoms with van der Waals surface area (Å²) < 4.78 is 13.9. The lowest BCUT2D eigenvalue weighted by molar-refractivity contribution is -0.117. The first-order chi connectivity index (χ1) is 12.7. The van der Waals surface area contributed by atoms with Gasteiger partial charge in [0.25, 0.3) is 5.91 Å². The minimum atomic E-state index is -0.164. The zero-order valence-electron chi connectivity index (χ0n) is 14.5. The van der Waals surface area contributed by atoms with E-state index in [0.717, 1.165) is 32.9 Å². The Hall–Kier alpha value is -2.25. The third-order valence-corrected chi connectivity index (χ3v) is 5.99. The van der Waals surface area contributed by atoms with E-state index >= 15 is 0 Å². The number of thiazole rings is 1. The lowest BCUT2D eigenvalue weighted by atomic mass is 10.1. The molecule has 0 N–H and O–H groups in total. The Balaban J connectivity index is 1.65. The van der Waals surface area contributed by atoms with Gasteiger partial charge in [0, 0.05) is 11.4 Å². The van der Waals surface area contributed by atoms with E-state index in [-0.39, 0.29) is 19.1 Å². The highest BCUT2D eigenvalue weighted by Gasteiger charge is 2.14. The van der Waals surface area contributed by atoms with Crippen LogP contribution in [0.15, 0.2) is 46.3 Å². The van der Waals surface area contributed by atoms with Crippen molar-refractivity contribution in [1.29, 1.82) is 0 Å². The van der Waals surface area contributed by atoms with E-state index in [2.05, 4.69) is 40.9 Å². The number of ether oxygens (including phenoxy) is 2. The summed E-state index contributed by atoms with van der Waals surface area (Å²) in [5, 5.41) is 0. The number of hydrogen-bond donors (Lipinski definition) is 0. The van der Waals surface area contributed by atoms with Crippen LogP contribution in [0.25, 0.3) is 10.2 Å². The van der Waals surface area contributed by atoms with E-state index < -0.39 is 0 Å². The summed E-state index contributed by atoms with van der Waals surface area (Å²) in [7, 11) is 0. The van der Waals surface area contributed by atoms with Crippen LogP contribution in [-0.2, 0) is 17.8 Å². The molecule has 0 atom stereocenters. The van der Waals surface area contributed by atoms with Crippen LogP contribution in [0.1, 0.15) is 12.5 Å². The van der Waals surface area contributed by atoms with E-state index in [9.17, 15) is 4.79 Å². The molecule has 1 aliphatic heterocycles. The Morgan fingerprint density at radius 1 is 1.23 bits per heavy atom. The number of thioether (sulfide) groups is 1. The fourth-order valence-corrected chi connectivity index (χ4v) is 4.61. The number of aryl methyl sites for hydroxylation is 1. The van der Waals surface area contributed by atoms with Crippen molar-refractivity contribution < 1.29 is 14.3 Å². The van der Waals surface area contributed by atoms with Crippen LogP contribution in [0.4, 0.5) is 0 Å². The lowest BCUT2D eigenvalue weighted by Gasteiger charge is -2.02. The summed E-state index contributed by atoms with van der Waals surface area (Å²) in [6, 6.07) is 11.9. The van der Waals surface area contributed by atoms with Gasteiger partial charge < -0.3 is 14.0 Å². The number of amides is 1. The zero-order chi connectivity index (χ0) is 18.1. The lowest BCUT2D eigenvalue weighted by Crippen LogP contribution is -2.16. The fraction of sp³-hybridized carbons (Fsp3) is 0.263. The molecule has 0 spiro atoms. The Bertz CT molecular complexity index is 1050. The smallest absolute Gasteiger partial charge is 0.252 e. The van der Waals surface area contributed by atoms with Gasteiger partial charge in [-0.15, -0.1) is 11.8 Å². The summed E-state index contributed by atoms with van der Waals surface area (Å²) in [6.07, 6.45) is 2.30. The van der Waals surface area contributed by atoms with E-state index in [1.807, 2.05) is 18.2 Å². The summed E-state index contributed by atoms with van der Waals surface area (Å²) >= 11 is 3.26. The largest absolute Gasteiger partial charge is 0.454 e. The van der Waals surface area contributed by atoms with Crippen LogP contribution in [0, 0.1) is 0 Å². The standard InChI is InChI=1S/C19H18N2O3S2/c1-3-21-14-6-5-13(25-2)10-17(14)26-19(21)20-18(22)9-12-4-7-15-16(8-12)24-11-23-15/h4-8,10H,3,9,11H2,1-2H3. The second-order valence-corrected chi connectivity index (χ2v) is 7.72. The molecule has 1 aromatic heterocycles. The summed E-state index contributed by atoms with van der Waals surface area (Å²) in [5.74, 6) is 1.24. The summed E-state index contributed by atoms with van der Waals surface area (Å²) in [6.45, 7) is 3.07. The van der Waals surface area contributed by atoms with Crippen molar-refractivity contribution in [3.05, 3.63) is 46.8 Å². The van der Waals surface area contributed by atoms with Crippen LogP contribution in [-0.4, -0.2) is 23.5 Å². The Labute approximate surface area is 159 Å². The number of aromatic nitrogens is 1. The molecule has 1 aliphatic rings. The molecule has 0 bridgehead atoms. The topological polar surface area (TPSA) is 52.8 Å². The minimum Gasteiger partial charge on any atom is -0.454 e. The maximum absolute atomic E-state index is 12.5. The Morgan fingerprint density at radius 3 is 2.88 bits per heavy atom. The SMILES string of the molecule is CCn1c(=NC(=O)Cc2ccc3c(c2)OCO3)sc2cc(SC)ccc21. The average Bonchev–Trinajstić information content (AvgIpc) is 3.23. The van der Waals surface area contributed by atoms with Gasteiger partial charge in [-0.3, -0.25) is 4.79 Å². The molecule has 134 valence electrons. The van der Waals surface area contributed by atoms with Gasteiger partial charge >= 0.3 is 0 Å². The molecule has 0 saturated heterocycles. The van der Waals surface area contributed by atoms with Crippen LogP contribution in [0.3, 0.4) is 0 Å². The predicted molar refractivity (Wildman–Crippen MR) is 104 cm³/mol. The minimum absolute atomic E-state index is 0.164. The third kappa shape index (κ3) is 3.24. The number of carbonyl (C=O) groups is 1. The van der Waals surface area contributed by atoms with Gasteiger partial charge in [0.2, 0.25) is 6.79 Å². The van der Waals surface area contributed by atoms with Gasteiger partial charge in [-0.05, 0) is 49.1 Å². The number of hydrogen-bond acceptors (Lipinski definition) is 5. The normalized spacial score (nSPS) is 13.5. The molecule has 5 nitrogen and oxygen atoms in total. The third-order valence-electron chi connectivity index (χ3n) is 4.22. The fourth-order valence-electron chi connectivity index (χ4n) is 2.94. The highest BCUT2D eigenvalue weighted by Crippen LogP contribution is 2.32. The van der Waals surface area contributed by atoms with Crippen molar-refractivity contribution in [2.75, 3.05) is 13.0 Å². The molecule has 7 heteroatoms. The molecule has 2 aromatic carbocycles. The molecule has 0 radical (unpaired) electrons. The maximum Gasteiger partial charge on any atom is 0.252 e. The second-order valence-electron chi connectivity index (χ2n) is 5.83. The first-order valence-electron chi connectivity index (χ1n) is 8.31. The van der Waals surface area contributed by atoms with Crippen molar-refractivity contribution in [2.24, 2.45) is 4.99 Å².